The topological polar surface area (TPSA) is 120 Å². The molecule has 2 bridgehead atoms. The Hall–Kier alpha value is -2.46. The number of nitrogens with two attached hydrogens (primary N) is 1. The van der Waals surface area contributed by atoms with Gasteiger partial charge in [0.15, 0.2) is 0 Å². The van der Waals surface area contributed by atoms with Gasteiger partial charge in [0, 0.05) is 23.7 Å². The van der Waals surface area contributed by atoms with E-state index < -0.39 is 15.9 Å². The molecule has 1 amide bonds. The molecule has 10 heteroatoms. The Kier molecular flexibility index (Phi) is 5.33. The van der Waals surface area contributed by atoms with E-state index in [1.165, 1.54) is 25.3 Å². The number of hydrogen-bond acceptors (Lipinski definition) is 6. The van der Waals surface area contributed by atoms with Crippen LogP contribution in [0.4, 0.5) is 0 Å². The highest BCUT2D eigenvalue weighted by atomic mass is 32.2. The molecule has 0 spiro atoms. The van der Waals surface area contributed by atoms with Gasteiger partial charge in [-0.2, -0.15) is 4.31 Å². The SMILES string of the molecule is COc1ccc(S(=O)(=O)N2C3CCC2CC(n2cc(C(C)(C)C)nn2)C3)cc1C(N)=O. The largest absolute Gasteiger partial charge is 0.496 e. The van der Waals surface area contributed by atoms with Gasteiger partial charge in [0.2, 0.25) is 10.0 Å². The van der Waals surface area contributed by atoms with Gasteiger partial charge in [-0.05, 0) is 43.9 Å². The molecule has 168 valence electrons. The number of benzene rings is 1. The fraction of sp³-hybridized carbons (Fsp3) is 0.571. The lowest BCUT2D eigenvalue weighted by Gasteiger charge is -2.37. The average Bonchev–Trinajstić information content (AvgIpc) is 3.31. The summed E-state index contributed by atoms with van der Waals surface area (Å²) in [4.78, 5) is 11.8. The van der Waals surface area contributed by atoms with Crippen LogP contribution >= 0.6 is 0 Å². The number of sulfonamides is 1. The Morgan fingerprint density at radius 3 is 2.32 bits per heavy atom. The number of carbonyl (C=O) groups excluding carboxylic acids is 1. The first-order chi connectivity index (χ1) is 14.5. The van der Waals surface area contributed by atoms with Gasteiger partial charge in [-0.15, -0.1) is 5.10 Å². The lowest BCUT2D eigenvalue weighted by molar-refractivity contribution is 0.0997. The lowest BCUT2D eigenvalue weighted by atomic mass is 9.93. The van der Waals surface area contributed by atoms with Crippen LogP contribution in [0.15, 0.2) is 29.3 Å². The Bertz CT molecular complexity index is 1090. The van der Waals surface area contributed by atoms with Crippen molar-refractivity contribution in [3.63, 3.8) is 0 Å². The van der Waals surface area contributed by atoms with Crippen molar-refractivity contribution < 1.29 is 17.9 Å². The summed E-state index contributed by atoms with van der Waals surface area (Å²) < 4.78 is 35.7. The fourth-order valence-electron chi connectivity index (χ4n) is 4.67. The molecule has 1 aromatic heterocycles. The smallest absolute Gasteiger partial charge is 0.252 e. The third-order valence-electron chi connectivity index (χ3n) is 6.31. The van der Waals surface area contributed by atoms with Gasteiger partial charge in [0.25, 0.3) is 5.91 Å². The number of carbonyl (C=O) groups is 1. The number of methoxy groups -OCH3 is 1. The molecule has 0 aliphatic carbocycles. The molecule has 0 saturated carbocycles. The summed E-state index contributed by atoms with van der Waals surface area (Å²) >= 11 is 0. The van der Waals surface area contributed by atoms with Crippen molar-refractivity contribution in [2.24, 2.45) is 5.73 Å². The Balaban J connectivity index is 1.60. The minimum Gasteiger partial charge on any atom is -0.496 e. The molecule has 2 aliphatic heterocycles. The van der Waals surface area contributed by atoms with Crippen molar-refractivity contribution in [1.29, 1.82) is 0 Å². The van der Waals surface area contributed by atoms with Crippen LogP contribution in [0.5, 0.6) is 5.75 Å². The van der Waals surface area contributed by atoms with Crippen molar-refractivity contribution in [2.75, 3.05) is 7.11 Å². The molecule has 9 nitrogen and oxygen atoms in total. The van der Waals surface area contributed by atoms with Crippen LogP contribution in [0, 0.1) is 0 Å². The molecule has 1 aromatic carbocycles. The highest BCUT2D eigenvalue weighted by Crippen LogP contribution is 2.44. The van der Waals surface area contributed by atoms with Crippen LogP contribution in [0.25, 0.3) is 0 Å². The predicted molar refractivity (Wildman–Crippen MR) is 114 cm³/mol. The van der Waals surface area contributed by atoms with Crippen LogP contribution in [0.3, 0.4) is 0 Å². The van der Waals surface area contributed by atoms with E-state index in [0.717, 1.165) is 18.5 Å². The minimum absolute atomic E-state index is 0.0585. The predicted octanol–water partition coefficient (Wildman–Crippen LogP) is 2.24. The molecule has 2 aliphatic rings. The summed E-state index contributed by atoms with van der Waals surface area (Å²) in [6, 6.07) is 4.15. The van der Waals surface area contributed by atoms with Gasteiger partial charge in [-0.1, -0.05) is 26.0 Å². The first kappa shape index (κ1) is 21.8. The Morgan fingerprint density at radius 2 is 1.81 bits per heavy atom. The third-order valence-corrected chi connectivity index (χ3v) is 8.31. The van der Waals surface area contributed by atoms with Crippen molar-refractivity contribution in [3.05, 3.63) is 35.7 Å². The number of fused-ring (bicyclic) bond motifs is 2. The second-order valence-corrected chi connectivity index (χ2v) is 11.2. The van der Waals surface area contributed by atoms with E-state index in [1.54, 1.807) is 4.31 Å². The quantitative estimate of drug-likeness (QED) is 0.750. The molecule has 4 rings (SSSR count). The zero-order valence-electron chi connectivity index (χ0n) is 18.3. The van der Waals surface area contributed by atoms with Crippen molar-refractivity contribution in [2.45, 2.75) is 74.9 Å². The Labute approximate surface area is 182 Å². The number of amides is 1. The number of rotatable bonds is 5. The first-order valence-corrected chi connectivity index (χ1v) is 11.9. The van der Waals surface area contributed by atoms with E-state index in [2.05, 4.69) is 31.1 Å². The fourth-order valence-corrected chi connectivity index (χ4v) is 6.59. The summed E-state index contributed by atoms with van der Waals surface area (Å²) in [6.45, 7) is 6.28. The number of piperidine rings is 1. The minimum atomic E-state index is -3.78. The summed E-state index contributed by atoms with van der Waals surface area (Å²) in [5.74, 6) is -0.467. The maximum atomic E-state index is 13.5. The molecule has 2 atom stereocenters. The van der Waals surface area contributed by atoms with Crippen LogP contribution in [-0.4, -0.2) is 52.8 Å². The van der Waals surface area contributed by atoms with E-state index in [-0.39, 0.29) is 39.7 Å². The van der Waals surface area contributed by atoms with Crippen molar-refractivity contribution >= 4 is 15.9 Å². The highest BCUT2D eigenvalue weighted by Gasteiger charge is 2.48. The van der Waals surface area contributed by atoms with E-state index in [0.29, 0.717) is 12.8 Å². The van der Waals surface area contributed by atoms with Crippen LogP contribution in [0.2, 0.25) is 0 Å². The van der Waals surface area contributed by atoms with E-state index in [4.69, 9.17) is 10.5 Å². The maximum absolute atomic E-state index is 13.5. The molecule has 2 fully saturated rings. The molecule has 2 N–H and O–H groups in total. The zero-order chi connectivity index (χ0) is 22.6. The number of primary amides is 1. The molecule has 2 saturated heterocycles. The number of nitrogens with zero attached hydrogens (tertiary/aromatic N) is 4. The zero-order valence-corrected chi connectivity index (χ0v) is 19.1. The summed E-state index contributed by atoms with van der Waals surface area (Å²) in [5, 5.41) is 8.65. The second kappa shape index (κ2) is 7.59. The molecule has 2 unspecified atom stereocenters. The second-order valence-electron chi connectivity index (χ2n) is 9.41. The summed E-state index contributed by atoms with van der Waals surface area (Å²) in [5.41, 5.74) is 6.31. The molecule has 31 heavy (non-hydrogen) atoms. The van der Waals surface area contributed by atoms with E-state index in [1.807, 2.05) is 10.9 Å². The van der Waals surface area contributed by atoms with Gasteiger partial charge >= 0.3 is 0 Å². The van der Waals surface area contributed by atoms with Crippen LogP contribution in [0.1, 0.15) is 68.5 Å². The first-order valence-electron chi connectivity index (χ1n) is 10.5. The average molecular weight is 448 g/mol. The lowest BCUT2D eigenvalue weighted by Crippen LogP contribution is -2.46. The normalized spacial score (nSPS) is 24.3. The molecule has 3 heterocycles. The Morgan fingerprint density at radius 1 is 1.16 bits per heavy atom. The number of aromatic nitrogens is 3. The van der Waals surface area contributed by atoms with Gasteiger partial charge < -0.3 is 10.5 Å². The summed E-state index contributed by atoms with van der Waals surface area (Å²) in [7, 11) is -2.36. The molecule has 2 aromatic rings. The van der Waals surface area contributed by atoms with Crippen LogP contribution in [-0.2, 0) is 15.4 Å². The van der Waals surface area contributed by atoms with Crippen LogP contribution < -0.4 is 10.5 Å². The number of hydrogen-bond donors (Lipinski definition) is 1. The molecular formula is C21H29N5O4S. The van der Waals surface area contributed by atoms with Gasteiger partial charge in [0.05, 0.1) is 29.3 Å². The number of ether oxygens (including phenoxy) is 1. The van der Waals surface area contributed by atoms with E-state index in [9.17, 15) is 13.2 Å². The van der Waals surface area contributed by atoms with Crippen molar-refractivity contribution in [1.82, 2.24) is 19.3 Å². The van der Waals surface area contributed by atoms with Gasteiger partial charge in [-0.3, -0.25) is 4.79 Å². The molecular weight excluding hydrogens is 418 g/mol. The van der Waals surface area contributed by atoms with Gasteiger partial charge in [-0.25, -0.2) is 13.1 Å². The monoisotopic (exact) mass is 447 g/mol. The highest BCUT2D eigenvalue weighted by molar-refractivity contribution is 7.89. The molecule has 0 radical (unpaired) electrons. The van der Waals surface area contributed by atoms with E-state index >= 15 is 0 Å². The standard InChI is InChI=1S/C21H29N5O4S/c1-21(2,3)19-12-25(24-23-19)15-9-13-5-6-14(10-15)26(13)31(28,29)16-7-8-18(30-4)17(11-16)20(22)27/h7-8,11-15H,5-6,9-10H2,1-4H3,(H2,22,27). The van der Waals surface area contributed by atoms with Gasteiger partial charge in [0.1, 0.15) is 5.75 Å². The maximum Gasteiger partial charge on any atom is 0.252 e. The van der Waals surface area contributed by atoms with Crippen molar-refractivity contribution in [3.8, 4) is 5.75 Å². The summed E-state index contributed by atoms with van der Waals surface area (Å²) in [6.07, 6.45) is 4.96. The third kappa shape index (κ3) is 3.82.